The third-order valence-corrected chi connectivity index (χ3v) is 4.12. The predicted molar refractivity (Wildman–Crippen MR) is 87.6 cm³/mol. The monoisotopic (exact) mass is 412 g/mol. The molecule has 0 bridgehead atoms. The van der Waals surface area contributed by atoms with Gasteiger partial charge in [0.25, 0.3) is 11.6 Å². The van der Waals surface area contributed by atoms with E-state index in [0.29, 0.717) is 10.2 Å². The van der Waals surface area contributed by atoms with E-state index in [9.17, 15) is 14.9 Å². The lowest BCUT2D eigenvalue weighted by atomic mass is 10.1. The number of rotatable bonds is 3. The predicted octanol–water partition coefficient (Wildman–Crippen LogP) is 4.68. The summed E-state index contributed by atoms with van der Waals surface area (Å²) in [5.41, 5.74) is 1.69. The van der Waals surface area contributed by atoms with Gasteiger partial charge in [-0.2, -0.15) is 0 Å². The number of amides is 1. The third kappa shape index (κ3) is 3.89. The maximum atomic E-state index is 12.2. The average molecular weight is 414 g/mol. The van der Waals surface area contributed by atoms with Crippen molar-refractivity contribution < 1.29 is 9.72 Å². The lowest BCUT2D eigenvalue weighted by Gasteiger charge is -2.07. The van der Waals surface area contributed by atoms with Crippen molar-refractivity contribution in [1.82, 2.24) is 0 Å². The van der Waals surface area contributed by atoms with Crippen molar-refractivity contribution in [3.8, 4) is 0 Å². The third-order valence-electron chi connectivity index (χ3n) is 2.77. The van der Waals surface area contributed by atoms with Crippen LogP contribution >= 0.6 is 31.9 Å². The van der Waals surface area contributed by atoms with Crippen LogP contribution < -0.4 is 5.32 Å². The molecule has 0 unspecified atom stereocenters. The fourth-order valence-corrected chi connectivity index (χ4v) is 2.46. The van der Waals surface area contributed by atoms with Crippen LogP contribution in [0.1, 0.15) is 15.9 Å². The molecule has 2 aromatic carbocycles. The van der Waals surface area contributed by atoms with Gasteiger partial charge in [0.2, 0.25) is 0 Å². The standard InChI is InChI=1S/C14H10Br2N2O3/c1-8-4-11(2-3-13(8)16)17-14(19)9-5-10(15)7-12(6-9)18(20)21/h2-7H,1H3,(H,17,19). The normalized spacial score (nSPS) is 10.2. The first-order chi connectivity index (χ1) is 9.86. The van der Waals surface area contributed by atoms with Gasteiger partial charge < -0.3 is 5.32 Å². The molecule has 1 amide bonds. The minimum absolute atomic E-state index is 0.137. The Morgan fingerprint density at radius 1 is 1.19 bits per heavy atom. The highest BCUT2D eigenvalue weighted by Crippen LogP contribution is 2.23. The van der Waals surface area contributed by atoms with E-state index in [2.05, 4.69) is 37.2 Å². The number of anilines is 1. The molecule has 0 saturated carbocycles. The molecule has 21 heavy (non-hydrogen) atoms. The van der Waals surface area contributed by atoms with Crippen LogP contribution in [0.3, 0.4) is 0 Å². The number of carbonyl (C=O) groups excluding carboxylic acids is 1. The molecule has 0 spiro atoms. The van der Waals surface area contributed by atoms with Crippen molar-refractivity contribution in [2.45, 2.75) is 6.92 Å². The number of nitrogens with zero attached hydrogens (tertiary/aromatic N) is 1. The largest absolute Gasteiger partial charge is 0.322 e. The Bertz CT molecular complexity index is 732. The van der Waals surface area contributed by atoms with Gasteiger partial charge in [0, 0.05) is 32.3 Å². The first-order valence-corrected chi connectivity index (χ1v) is 7.48. The topological polar surface area (TPSA) is 72.2 Å². The van der Waals surface area contributed by atoms with Gasteiger partial charge >= 0.3 is 0 Å². The molecule has 0 aliphatic rings. The van der Waals surface area contributed by atoms with Gasteiger partial charge in [-0.1, -0.05) is 31.9 Å². The number of nitro groups is 1. The summed E-state index contributed by atoms with van der Waals surface area (Å²) in [5, 5.41) is 13.5. The molecule has 0 fully saturated rings. The van der Waals surface area contributed by atoms with Crippen molar-refractivity contribution in [1.29, 1.82) is 0 Å². The Balaban J connectivity index is 2.27. The van der Waals surface area contributed by atoms with Crippen LogP contribution in [-0.4, -0.2) is 10.8 Å². The molecule has 2 rings (SSSR count). The van der Waals surface area contributed by atoms with Crippen LogP contribution in [0.2, 0.25) is 0 Å². The van der Waals surface area contributed by atoms with Crippen LogP contribution in [0.15, 0.2) is 45.3 Å². The first kappa shape index (κ1) is 15.7. The number of nitro benzene ring substituents is 1. The highest BCUT2D eigenvalue weighted by molar-refractivity contribution is 9.10. The molecular formula is C14H10Br2N2O3. The van der Waals surface area contributed by atoms with Crippen LogP contribution in [0.5, 0.6) is 0 Å². The zero-order valence-electron chi connectivity index (χ0n) is 10.9. The van der Waals surface area contributed by atoms with E-state index in [0.717, 1.165) is 10.0 Å². The minimum atomic E-state index is -0.536. The SMILES string of the molecule is Cc1cc(NC(=O)c2cc(Br)cc([N+](=O)[O-])c2)ccc1Br. The zero-order valence-corrected chi connectivity index (χ0v) is 14.1. The summed E-state index contributed by atoms with van der Waals surface area (Å²) in [6.45, 7) is 1.91. The Morgan fingerprint density at radius 3 is 2.52 bits per heavy atom. The highest BCUT2D eigenvalue weighted by Gasteiger charge is 2.14. The molecule has 0 radical (unpaired) electrons. The zero-order chi connectivity index (χ0) is 15.6. The van der Waals surface area contributed by atoms with E-state index in [1.54, 1.807) is 6.07 Å². The molecule has 0 heterocycles. The molecule has 7 heteroatoms. The second-order valence-electron chi connectivity index (χ2n) is 4.37. The number of non-ortho nitro benzene ring substituents is 1. The number of hydrogen-bond acceptors (Lipinski definition) is 3. The summed E-state index contributed by atoms with van der Waals surface area (Å²) in [5.74, 6) is -0.402. The molecule has 2 aromatic rings. The molecule has 5 nitrogen and oxygen atoms in total. The Morgan fingerprint density at radius 2 is 1.90 bits per heavy atom. The second kappa shape index (κ2) is 6.36. The number of carbonyl (C=O) groups is 1. The van der Waals surface area contributed by atoms with E-state index in [4.69, 9.17) is 0 Å². The van der Waals surface area contributed by atoms with Gasteiger partial charge in [-0.3, -0.25) is 14.9 Å². The quantitative estimate of drug-likeness (QED) is 0.586. The van der Waals surface area contributed by atoms with Gasteiger partial charge in [0.15, 0.2) is 0 Å². The van der Waals surface area contributed by atoms with Crippen LogP contribution in [-0.2, 0) is 0 Å². The molecule has 0 saturated heterocycles. The highest BCUT2D eigenvalue weighted by atomic mass is 79.9. The molecule has 0 aromatic heterocycles. The Kier molecular flexibility index (Phi) is 4.74. The van der Waals surface area contributed by atoms with Gasteiger partial charge in [0.1, 0.15) is 0 Å². The lowest BCUT2D eigenvalue weighted by molar-refractivity contribution is -0.384. The number of hydrogen-bond donors (Lipinski definition) is 1. The Labute approximate surface area is 137 Å². The van der Waals surface area contributed by atoms with E-state index in [1.807, 2.05) is 19.1 Å². The fourth-order valence-electron chi connectivity index (χ4n) is 1.74. The van der Waals surface area contributed by atoms with Crippen LogP contribution in [0.4, 0.5) is 11.4 Å². The van der Waals surface area contributed by atoms with E-state index >= 15 is 0 Å². The summed E-state index contributed by atoms with van der Waals surface area (Å²) < 4.78 is 1.42. The maximum Gasteiger partial charge on any atom is 0.271 e. The van der Waals surface area contributed by atoms with Gasteiger partial charge in [-0.15, -0.1) is 0 Å². The molecule has 1 N–H and O–H groups in total. The van der Waals surface area contributed by atoms with Gasteiger partial charge in [0.05, 0.1) is 4.92 Å². The van der Waals surface area contributed by atoms with Crippen molar-refractivity contribution in [3.05, 3.63) is 66.6 Å². The molecule has 0 aliphatic carbocycles. The molecule has 108 valence electrons. The molecular weight excluding hydrogens is 404 g/mol. The Hall–Kier alpha value is -1.73. The smallest absolute Gasteiger partial charge is 0.271 e. The average Bonchev–Trinajstić information content (AvgIpc) is 2.42. The number of benzene rings is 2. The van der Waals surface area contributed by atoms with E-state index in [1.165, 1.54) is 18.2 Å². The molecule has 0 aliphatic heterocycles. The number of halogens is 2. The minimum Gasteiger partial charge on any atom is -0.322 e. The van der Waals surface area contributed by atoms with Crippen molar-refractivity contribution in [2.24, 2.45) is 0 Å². The number of nitrogens with one attached hydrogen (secondary N) is 1. The van der Waals surface area contributed by atoms with Gasteiger partial charge in [-0.25, -0.2) is 0 Å². The maximum absolute atomic E-state index is 12.2. The first-order valence-electron chi connectivity index (χ1n) is 5.89. The lowest BCUT2D eigenvalue weighted by Crippen LogP contribution is -2.12. The molecule has 0 atom stereocenters. The van der Waals surface area contributed by atoms with Crippen molar-refractivity contribution in [3.63, 3.8) is 0 Å². The second-order valence-corrected chi connectivity index (χ2v) is 6.14. The summed E-state index contributed by atoms with van der Waals surface area (Å²) >= 11 is 6.55. The van der Waals surface area contributed by atoms with E-state index < -0.39 is 10.8 Å². The fraction of sp³-hybridized carbons (Fsp3) is 0.0714. The van der Waals surface area contributed by atoms with Crippen LogP contribution in [0, 0.1) is 17.0 Å². The summed E-state index contributed by atoms with van der Waals surface area (Å²) in [4.78, 5) is 22.5. The van der Waals surface area contributed by atoms with Gasteiger partial charge in [-0.05, 0) is 36.8 Å². The summed E-state index contributed by atoms with van der Waals surface area (Å²) in [7, 11) is 0. The van der Waals surface area contributed by atoms with Crippen molar-refractivity contribution >= 4 is 49.1 Å². The van der Waals surface area contributed by atoms with Crippen molar-refractivity contribution in [2.75, 3.05) is 5.32 Å². The number of aryl methyl sites for hydroxylation is 1. The summed E-state index contributed by atoms with van der Waals surface area (Å²) in [6, 6.07) is 9.52. The van der Waals surface area contributed by atoms with E-state index in [-0.39, 0.29) is 11.3 Å². The van der Waals surface area contributed by atoms with Crippen LogP contribution in [0.25, 0.3) is 0 Å². The summed E-state index contributed by atoms with van der Waals surface area (Å²) in [6.07, 6.45) is 0.